The van der Waals surface area contributed by atoms with Crippen LogP contribution in [0.1, 0.15) is 39.0 Å². The van der Waals surface area contributed by atoms with Gasteiger partial charge < -0.3 is 14.0 Å². The topological polar surface area (TPSA) is 38.8 Å². The van der Waals surface area contributed by atoms with E-state index in [2.05, 4.69) is 6.92 Å². The summed E-state index contributed by atoms with van der Waals surface area (Å²) in [7, 11) is 0. The van der Waals surface area contributed by atoms with Crippen molar-refractivity contribution in [3.05, 3.63) is 60.4 Å². The highest BCUT2D eigenvalue weighted by Crippen LogP contribution is 2.36. The predicted molar refractivity (Wildman–Crippen MR) is 128 cm³/mol. The number of carbonyl (C=O) groups excluding carboxylic acids is 1. The average molecular weight is 456 g/mol. The van der Waals surface area contributed by atoms with Gasteiger partial charge in [-0.15, -0.1) is 0 Å². The number of quaternary nitrogens is 1. The van der Waals surface area contributed by atoms with Gasteiger partial charge >= 0.3 is 6.09 Å². The van der Waals surface area contributed by atoms with E-state index >= 15 is 0 Å². The third-order valence-electron chi connectivity index (χ3n) is 7.18. The zero-order valence-electron chi connectivity index (χ0n) is 19.6. The van der Waals surface area contributed by atoms with E-state index in [0.29, 0.717) is 24.8 Å². The van der Waals surface area contributed by atoms with Crippen LogP contribution in [0.25, 0.3) is 0 Å². The van der Waals surface area contributed by atoms with Crippen LogP contribution in [0.4, 0.5) is 14.9 Å². The Balaban J connectivity index is 1.32. The summed E-state index contributed by atoms with van der Waals surface area (Å²) in [4.78, 5) is 15.0. The molecule has 5 nitrogen and oxygen atoms in total. The van der Waals surface area contributed by atoms with Gasteiger partial charge in [0.05, 0.1) is 26.2 Å². The number of ether oxygens (including phenoxy) is 2. The second kappa shape index (κ2) is 11.0. The lowest BCUT2D eigenvalue weighted by Gasteiger charge is -2.52. The maximum absolute atomic E-state index is 13.2. The summed E-state index contributed by atoms with van der Waals surface area (Å²) < 4.78 is 26.0. The van der Waals surface area contributed by atoms with Crippen LogP contribution < -0.4 is 9.64 Å². The molecule has 0 spiro atoms. The monoisotopic (exact) mass is 455 g/mol. The van der Waals surface area contributed by atoms with Crippen LogP contribution in [-0.4, -0.2) is 56.0 Å². The summed E-state index contributed by atoms with van der Waals surface area (Å²) in [5, 5.41) is 0. The second-order valence-corrected chi connectivity index (χ2v) is 9.45. The number of carbonyl (C=O) groups is 1. The van der Waals surface area contributed by atoms with Gasteiger partial charge in [0.15, 0.2) is 6.10 Å². The molecule has 3 saturated heterocycles. The fourth-order valence-corrected chi connectivity index (χ4v) is 5.23. The minimum Gasteiger partial charge on any atom is -0.493 e. The fraction of sp³-hybridized carbons (Fsp3) is 0.519. The number of fused-ring (bicyclic) bond motifs is 3. The Kier molecular flexibility index (Phi) is 7.86. The van der Waals surface area contributed by atoms with Gasteiger partial charge in [-0.25, -0.2) is 9.18 Å². The number of hydrogen-bond donors (Lipinski definition) is 0. The molecule has 2 aromatic carbocycles. The molecule has 0 N–H and O–H groups in total. The molecule has 5 rings (SSSR count). The number of halogens is 1. The molecular weight excluding hydrogens is 419 g/mol. The number of anilines is 1. The van der Waals surface area contributed by atoms with Gasteiger partial charge in [0.25, 0.3) is 0 Å². The Morgan fingerprint density at radius 1 is 1.06 bits per heavy atom. The number of piperidine rings is 3. The van der Waals surface area contributed by atoms with Crippen LogP contribution in [0.2, 0.25) is 0 Å². The largest absolute Gasteiger partial charge is 0.493 e. The predicted octanol–water partition coefficient (Wildman–Crippen LogP) is 5.65. The molecule has 3 aliphatic heterocycles. The van der Waals surface area contributed by atoms with Crippen LogP contribution in [0.3, 0.4) is 0 Å². The molecule has 6 heteroatoms. The molecule has 2 aromatic rings. The number of para-hydroxylation sites is 1. The van der Waals surface area contributed by atoms with Crippen LogP contribution in [0.15, 0.2) is 54.6 Å². The number of unbranched alkanes of at least 4 members (excludes halogenated alkanes) is 1. The molecule has 0 saturated carbocycles. The minimum absolute atomic E-state index is 0.0224. The van der Waals surface area contributed by atoms with E-state index < -0.39 is 0 Å². The van der Waals surface area contributed by atoms with E-state index in [1.807, 2.05) is 30.3 Å². The molecular formula is C27H36FN2O3+. The number of rotatable bonds is 10. The van der Waals surface area contributed by atoms with Crippen molar-refractivity contribution in [1.82, 2.24) is 0 Å². The van der Waals surface area contributed by atoms with Crippen molar-refractivity contribution >= 4 is 11.8 Å². The first-order valence-corrected chi connectivity index (χ1v) is 12.4. The van der Waals surface area contributed by atoms with E-state index in [0.717, 1.165) is 68.5 Å². The van der Waals surface area contributed by atoms with Gasteiger partial charge in [0, 0.05) is 37.4 Å². The third kappa shape index (κ3) is 6.05. The Morgan fingerprint density at radius 2 is 1.79 bits per heavy atom. The van der Waals surface area contributed by atoms with E-state index in [1.54, 1.807) is 17.0 Å². The number of hydrogen-bond acceptors (Lipinski definition) is 3. The minimum atomic E-state index is -0.252. The van der Waals surface area contributed by atoms with Crippen LogP contribution in [-0.2, 0) is 4.74 Å². The highest BCUT2D eigenvalue weighted by molar-refractivity contribution is 5.87. The summed E-state index contributed by atoms with van der Waals surface area (Å²) in [5.41, 5.74) is 0.902. The van der Waals surface area contributed by atoms with Crippen molar-refractivity contribution < 1.29 is 23.1 Å². The van der Waals surface area contributed by atoms with Crippen molar-refractivity contribution in [1.29, 1.82) is 0 Å². The lowest BCUT2D eigenvalue weighted by molar-refractivity contribution is -0.946. The number of benzene rings is 2. The first-order chi connectivity index (χ1) is 16.1. The second-order valence-electron chi connectivity index (χ2n) is 9.45. The van der Waals surface area contributed by atoms with Crippen molar-refractivity contribution in [2.75, 3.05) is 44.2 Å². The van der Waals surface area contributed by atoms with Gasteiger partial charge in [-0.05, 0) is 42.8 Å². The zero-order valence-corrected chi connectivity index (χ0v) is 19.6. The average Bonchev–Trinajstić information content (AvgIpc) is 2.85. The molecule has 178 valence electrons. The van der Waals surface area contributed by atoms with Gasteiger partial charge in [0.1, 0.15) is 18.1 Å². The van der Waals surface area contributed by atoms with E-state index in [4.69, 9.17) is 9.47 Å². The summed E-state index contributed by atoms with van der Waals surface area (Å²) in [6.07, 6.45) is 4.88. The van der Waals surface area contributed by atoms with Crippen molar-refractivity contribution in [2.45, 2.75) is 45.1 Å². The molecule has 0 aromatic heterocycles. The van der Waals surface area contributed by atoms with Crippen molar-refractivity contribution in [3.8, 4) is 5.75 Å². The highest BCUT2D eigenvalue weighted by Gasteiger charge is 2.47. The molecule has 3 heterocycles. The fourth-order valence-electron chi connectivity index (χ4n) is 5.23. The maximum Gasteiger partial charge on any atom is 0.414 e. The summed E-state index contributed by atoms with van der Waals surface area (Å²) in [6.45, 7) is 7.62. The number of nitrogens with zero attached hydrogens (tertiary/aromatic N) is 2. The van der Waals surface area contributed by atoms with Gasteiger partial charge in [0.2, 0.25) is 0 Å². The van der Waals surface area contributed by atoms with E-state index in [9.17, 15) is 9.18 Å². The standard InChI is InChI=1S/C27H36FN2O3/c1-2-3-16-29(24-8-5-4-6-9-24)27(31)33-26-21-30(18-14-22(26)15-19-30)17-7-20-32-25-12-10-23(28)11-13-25/h4-6,8-13,22,26H,2-3,7,14-21H2,1H3/q+1/t22?,26-,30?/m0/s1. The molecule has 33 heavy (non-hydrogen) atoms. The van der Waals surface area contributed by atoms with Gasteiger partial charge in [-0.2, -0.15) is 0 Å². The highest BCUT2D eigenvalue weighted by atomic mass is 19.1. The first kappa shape index (κ1) is 23.6. The molecule has 3 fully saturated rings. The van der Waals surface area contributed by atoms with Crippen LogP contribution in [0, 0.1) is 11.7 Å². The Labute approximate surface area is 196 Å². The molecule has 1 atom stereocenters. The lowest BCUT2D eigenvalue weighted by Crippen LogP contribution is -2.65. The lowest BCUT2D eigenvalue weighted by atomic mass is 9.83. The molecule has 2 bridgehead atoms. The summed E-state index contributed by atoms with van der Waals surface area (Å²) in [5.74, 6) is 0.917. The summed E-state index contributed by atoms with van der Waals surface area (Å²) in [6, 6.07) is 16.0. The SMILES string of the molecule is CCCCN(C(=O)O[C@H]1C[N+]2(CCCOc3ccc(F)cc3)CCC1CC2)c1ccccc1. The van der Waals surface area contributed by atoms with E-state index in [-0.39, 0.29) is 18.0 Å². The third-order valence-corrected chi connectivity index (χ3v) is 7.18. The van der Waals surface area contributed by atoms with Crippen LogP contribution in [0.5, 0.6) is 5.75 Å². The summed E-state index contributed by atoms with van der Waals surface area (Å²) >= 11 is 0. The smallest absolute Gasteiger partial charge is 0.414 e. The number of amides is 1. The maximum atomic E-state index is 13.2. The quantitative estimate of drug-likeness (QED) is 0.343. The first-order valence-electron chi connectivity index (χ1n) is 12.4. The molecule has 3 aliphatic rings. The van der Waals surface area contributed by atoms with Crippen LogP contribution >= 0.6 is 0 Å². The van der Waals surface area contributed by atoms with Crippen molar-refractivity contribution in [2.24, 2.45) is 5.92 Å². The molecule has 0 unspecified atom stereocenters. The zero-order chi connectivity index (χ0) is 23.1. The van der Waals surface area contributed by atoms with Crippen molar-refractivity contribution in [3.63, 3.8) is 0 Å². The molecule has 0 radical (unpaired) electrons. The molecule has 1 amide bonds. The molecule has 0 aliphatic carbocycles. The Morgan fingerprint density at radius 3 is 2.48 bits per heavy atom. The van der Waals surface area contributed by atoms with E-state index in [1.165, 1.54) is 12.1 Å². The van der Waals surface area contributed by atoms with Gasteiger partial charge in [-0.3, -0.25) is 4.90 Å². The Bertz CT molecular complexity index is 882. The normalized spacial score (nSPS) is 23.8. The Hall–Kier alpha value is -2.60. The van der Waals surface area contributed by atoms with Gasteiger partial charge in [-0.1, -0.05) is 31.5 Å².